The van der Waals surface area contributed by atoms with Gasteiger partial charge in [0.2, 0.25) is 0 Å². The molecule has 0 amide bonds. The summed E-state index contributed by atoms with van der Waals surface area (Å²) in [5.74, 6) is 0.315. The Hall–Kier alpha value is -1.33. The first-order chi connectivity index (χ1) is 8.81. The minimum atomic E-state index is -0.277. The van der Waals surface area contributed by atoms with Gasteiger partial charge in [-0.3, -0.25) is 0 Å². The van der Waals surface area contributed by atoms with Crippen LogP contribution in [0, 0.1) is 5.82 Å². The number of methoxy groups -OCH3 is 1. The average Bonchev–Trinajstić information content (AvgIpc) is 2.40. The molecule has 1 N–H and O–H groups in total. The second-order valence-corrected chi connectivity index (χ2v) is 4.19. The third-order valence-corrected chi connectivity index (χ3v) is 2.92. The van der Waals surface area contributed by atoms with E-state index in [1.54, 1.807) is 13.2 Å². The van der Waals surface area contributed by atoms with Gasteiger partial charge in [0.25, 0.3) is 0 Å². The number of hydrogen-bond donors (Lipinski definition) is 1. The second kappa shape index (κ2) is 6.56. The third-order valence-electron chi connectivity index (χ3n) is 2.92. The highest BCUT2D eigenvalue weighted by molar-refractivity contribution is 5.59. The Bertz CT molecular complexity index is 381. The molecule has 1 heterocycles. The Labute approximate surface area is 107 Å². The molecule has 1 aliphatic heterocycles. The molecule has 0 spiro atoms. The number of halogens is 1. The fourth-order valence-electron chi connectivity index (χ4n) is 2.01. The van der Waals surface area contributed by atoms with Crippen LogP contribution in [-0.2, 0) is 4.74 Å². The molecule has 5 heteroatoms. The van der Waals surface area contributed by atoms with Gasteiger partial charge in [-0.1, -0.05) is 0 Å². The van der Waals surface area contributed by atoms with Crippen LogP contribution >= 0.6 is 0 Å². The monoisotopic (exact) mass is 254 g/mol. The number of hydrogen-bond acceptors (Lipinski definition) is 4. The molecule has 0 aromatic heterocycles. The first-order valence-corrected chi connectivity index (χ1v) is 6.18. The lowest BCUT2D eigenvalue weighted by molar-refractivity contribution is 0.146. The highest BCUT2D eigenvalue weighted by atomic mass is 19.1. The molecule has 1 aliphatic rings. The van der Waals surface area contributed by atoms with Gasteiger partial charge in [-0.25, -0.2) is 4.39 Å². The van der Waals surface area contributed by atoms with Gasteiger partial charge in [0.05, 0.1) is 12.3 Å². The average molecular weight is 254 g/mol. The summed E-state index contributed by atoms with van der Waals surface area (Å²) >= 11 is 0. The van der Waals surface area contributed by atoms with Gasteiger partial charge in [0.1, 0.15) is 18.2 Å². The minimum absolute atomic E-state index is 0.277. The van der Waals surface area contributed by atoms with Gasteiger partial charge in [-0.05, 0) is 12.1 Å². The van der Waals surface area contributed by atoms with Crippen molar-refractivity contribution in [1.29, 1.82) is 0 Å². The van der Waals surface area contributed by atoms with Crippen molar-refractivity contribution < 1.29 is 13.9 Å². The smallest absolute Gasteiger partial charge is 0.145 e. The molecule has 18 heavy (non-hydrogen) atoms. The van der Waals surface area contributed by atoms with Crippen molar-refractivity contribution in [3.8, 4) is 5.75 Å². The summed E-state index contributed by atoms with van der Waals surface area (Å²) in [5.41, 5.74) is 0.953. The first-order valence-electron chi connectivity index (χ1n) is 6.18. The third kappa shape index (κ3) is 3.34. The highest BCUT2D eigenvalue weighted by Gasteiger charge is 2.15. The van der Waals surface area contributed by atoms with Crippen molar-refractivity contribution in [2.45, 2.75) is 0 Å². The second-order valence-electron chi connectivity index (χ2n) is 4.19. The molecule has 1 saturated heterocycles. The van der Waals surface area contributed by atoms with Gasteiger partial charge in [-0.2, -0.15) is 0 Å². The number of benzene rings is 1. The van der Waals surface area contributed by atoms with Crippen molar-refractivity contribution in [3.05, 3.63) is 24.0 Å². The van der Waals surface area contributed by atoms with Crippen molar-refractivity contribution >= 4 is 5.69 Å². The van der Waals surface area contributed by atoms with Crippen molar-refractivity contribution in [2.75, 3.05) is 51.4 Å². The van der Waals surface area contributed by atoms with E-state index in [-0.39, 0.29) is 5.82 Å². The standard InChI is InChI=1S/C13H19FN2O2/c1-17-8-9-18-13-10-11(14)2-3-12(13)16-6-4-15-5-7-16/h2-3,10,15H,4-9H2,1H3. The van der Waals surface area contributed by atoms with E-state index in [9.17, 15) is 4.39 Å². The molecule has 4 nitrogen and oxygen atoms in total. The first kappa shape index (κ1) is 13.1. The minimum Gasteiger partial charge on any atom is -0.489 e. The lowest BCUT2D eigenvalue weighted by Gasteiger charge is -2.30. The zero-order valence-electron chi connectivity index (χ0n) is 10.6. The van der Waals surface area contributed by atoms with Gasteiger partial charge < -0.3 is 19.7 Å². The quantitative estimate of drug-likeness (QED) is 0.802. The van der Waals surface area contributed by atoms with Crippen molar-refractivity contribution in [3.63, 3.8) is 0 Å². The molecular weight excluding hydrogens is 235 g/mol. The Balaban J connectivity index is 2.11. The summed E-state index contributed by atoms with van der Waals surface area (Å²) < 4.78 is 23.8. The van der Waals surface area contributed by atoms with E-state index in [0.717, 1.165) is 31.9 Å². The number of piperazine rings is 1. The number of anilines is 1. The van der Waals surface area contributed by atoms with E-state index >= 15 is 0 Å². The Morgan fingerprint density at radius 1 is 1.28 bits per heavy atom. The predicted molar refractivity (Wildman–Crippen MR) is 68.9 cm³/mol. The Kier molecular flexibility index (Phi) is 4.78. The van der Waals surface area contributed by atoms with Gasteiger partial charge in [0.15, 0.2) is 0 Å². The highest BCUT2D eigenvalue weighted by Crippen LogP contribution is 2.29. The zero-order chi connectivity index (χ0) is 12.8. The SMILES string of the molecule is COCCOc1cc(F)ccc1N1CCNCC1. The molecule has 100 valence electrons. The molecule has 1 aromatic carbocycles. The number of rotatable bonds is 5. The van der Waals surface area contributed by atoms with Crippen LogP contribution in [0.25, 0.3) is 0 Å². The molecule has 0 radical (unpaired) electrons. The maximum atomic E-state index is 13.3. The topological polar surface area (TPSA) is 33.7 Å². The maximum absolute atomic E-state index is 13.3. The molecule has 0 aliphatic carbocycles. The fourth-order valence-corrected chi connectivity index (χ4v) is 2.01. The molecule has 1 fully saturated rings. The summed E-state index contributed by atoms with van der Waals surface area (Å²) in [5, 5.41) is 3.29. The van der Waals surface area contributed by atoms with Crippen LogP contribution in [0.2, 0.25) is 0 Å². The predicted octanol–water partition coefficient (Wildman–Crippen LogP) is 1.26. The van der Waals surface area contributed by atoms with Crippen LogP contribution in [0.1, 0.15) is 0 Å². The Morgan fingerprint density at radius 3 is 2.78 bits per heavy atom. The van der Waals surface area contributed by atoms with Crippen molar-refractivity contribution in [2.24, 2.45) is 0 Å². The van der Waals surface area contributed by atoms with E-state index in [4.69, 9.17) is 9.47 Å². The van der Waals surface area contributed by atoms with E-state index in [2.05, 4.69) is 10.2 Å². The normalized spacial score (nSPS) is 15.8. The lowest BCUT2D eigenvalue weighted by Crippen LogP contribution is -2.43. The van der Waals surface area contributed by atoms with Gasteiger partial charge in [0, 0.05) is 39.4 Å². The zero-order valence-corrected chi connectivity index (χ0v) is 10.6. The molecule has 0 saturated carbocycles. The van der Waals surface area contributed by atoms with Crippen molar-refractivity contribution in [1.82, 2.24) is 5.32 Å². The number of ether oxygens (including phenoxy) is 2. The lowest BCUT2D eigenvalue weighted by atomic mass is 10.2. The summed E-state index contributed by atoms with van der Waals surface area (Å²) in [6.45, 7) is 4.62. The largest absolute Gasteiger partial charge is 0.489 e. The van der Waals surface area contributed by atoms with Crippen LogP contribution in [0.4, 0.5) is 10.1 Å². The van der Waals surface area contributed by atoms with E-state index in [1.165, 1.54) is 12.1 Å². The summed E-state index contributed by atoms with van der Waals surface area (Å²) in [4.78, 5) is 2.21. The molecule has 1 aromatic rings. The fraction of sp³-hybridized carbons (Fsp3) is 0.538. The maximum Gasteiger partial charge on any atom is 0.145 e. The van der Waals surface area contributed by atoms with Crippen LogP contribution in [-0.4, -0.2) is 46.5 Å². The Morgan fingerprint density at radius 2 is 2.06 bits per heavy atom. The van der Waals surface area contributed by atoms with E-state index < -0.39 is 0 Å². The summed E-state index contributed by atoms with van der Waals surface area (Å²) in [7, 11) is 1.62. The summed E-state index contributed by atoms with van der Waals surface area (Å²) in [6, 6.07) is 4.69. The van der Waals surface area contributed by atoms with Crippen LogP contribution < -0.4 is 15.0 Å². The molecule has 0 atom stereocenters. The molecular formula is C13H19FN2O2. The van der Waals surface area contributed by atoms with Gasteiger partial charge in [-0.15, -0.1) is 0 Å². The summed E-state index contributed by atoms with van der Waals surface area (Å²) in [6.07, 6.45) is 0. The van der Waals surface area contributed by atoms with E-state index in [1.807, 2.05) is 0 Å². The van der Waals surface area contributed by atoms with Gasteiger partial charge >= 0.3 is 0 Å². The van der Waals surface area contributed by atoms with Crippen LogP contribution in [0.5, 0.6) is 5.75 Å². The molecule has 0 unspecified atom stereocenters. The number of nitrogens with one attached hydrogen (secondary N) is 1. The molecule has 2 rings (SSSR count). The van der Waals surface area contributed by atoms with E-state index in [0.29, 0.717) is 19.0 Å². The number of nitrogens with zero attached hydrogens (tertiary/aromatic N) is 1. The van der Waals surface area contributed by atoms with Crippen LogP contribution in [0.3, 0.4) is 0 Å². The van der Waals surface area contributed by atoms with Crippen LogP contribution in [0.15, 0.2) is 18.2 Å². The molecule has 0 bridgehead atoms.